The molecule has 1 heterocycles. The molecule has 1 aromatic carbocycles. The Bertz CT molecular complexity index is 592. The topological polar surface area (TPSA) is 60.5 Å². The molecule has 2 aromatic rings. The second-order valence-corrected chi connectivity index (χ2v) is 4.35. The van der Waals surface area contributed by atoms with E-state index in [0.717, 1.165) is 36.2 Å². The van der Waals surface area contributed by atoms with Crippen molar-refractivity contribution in [2.24, 2.45) is 5.16 Å². The molecular formula is C13H12FN3O2. The number of nitrogens with zero attached hydrogens (tertiary/aromatic N) is 3. The maximum absolute atomic E-state index is 12.7. The van der Waals surface area contributed by atoms with Gasteiger partial charge in [-0.2, -0.15) is 0 Å². The van der Waals surface area contributed by atoms with Crippen molar-refractivity contribution in [2.75, 3.05) is 0 Å². The van der Waals surface area contributed by atoms with Crippen LogP contribution in [0.3, 0.4) is 0 Å². The normalized spacial score (nSPS) is 16.4. The molecule has 1 aliphatic rings. The van der Waals surface area contributed by atoms with Crippen molar-refractivity contribution in [3.05, 3.63) is 47.0 Å². The van der Waals surface area contributed by atoms with E-state index in [1.54, 1.807) is 12.1 Å². The lowest BCUT2D eigenvalue weighted by molar-refractivity contribution is 0.129. The van der Waals surface area contributed by atoms with Crippen LogP contribution in [0, 0.1) is 5.82 Å². The number of oxime groups is 1. The summed E-state index contributed by atoms with van der Waals surface area (Å²) < 4.78 is 17.4. The van der Waals surface area contributed by atoms with E-state index in [4.69, 9.17) is 9.47 Å². The van der Waals surface area contributed by atoms with Gasteiger partial charge in [0.15, 0.2) is 5.69 Å². The first kappa shape index (κ1) is 11.8. The van der Waals surface area contributed by atoms with Crippen LogP contribution in [0.25, 0.3) is 0 Å². The zero-order valence-corrected chi connectivity index (χ0v) is 10.2. The maximum Gasteiger partial charge on any atom is 0.155 e. The number of halogens is 1. The van der Waals surface area contributed by atoms with Gasteiger partial charge in [0.1, 0.15) is 23.8 Å². The molecule has 0 bridgehead atoms. The molecule has 1 aliphatic carbocycles. The minimum absolute atomic E-state index is 0.263. The van der Waals surface area contributed by atoms with Crippen LogP contribution in [0.4, 0.5) is 4.39 Å². The largest absolute Gasteiger partial charge is 0.391 e. The standard InChI is InChI=1S/C13H12FN3O2/c14-10-6-4-9(5-7-10)8-18-15-11-2-1-3-12-13(11)17-19-16-12/h4-7H,1-3,8H2/b15-11-. The first-order valence-corrected chi connectivity index (χ1v) is 6.08. The summed E-state index contributed by atoms with van der Waals surface area (Å²) in [6.07, 6.45) is 2.61. The number of hydrogen-bond acceptors (Lipinski definition) is 5. The van der Waals surface area contributed by atoms with Crippen molar-refractivity contribution in [3.63, 3.8) is 0 Å². The van der Waals surface area contributed by atoms with Gasteiger partial charge in [0.05, 0.1) is 0 Å². The molecule has 5 nitrogen and oxygen atoms in total. The highest BCUT2D eigenvalue weighted by atomic mass is 19.1. The molecule has 0 atom stereocenters. The molecule has 19 heavy (non-hydrogen) atoms. The number of rotatable bonds is 3. The zero-order valence-electron chi connectivity index (χ0n) is 10.2. The maximum atomic E-state index is 12.7. The smallest absolute Gasteiger partial charge is 0.155 e. The average molecular weight is 261 g/mol. The molecule has 0 N–H and O–H groups in total. The lowest BCUT2D eigenvalue weighted by Crippen LogP contribution is -2.12. The van der Waals surface area contributed by atoms with Gasteiger partial charge in [0, 0.05) is 0 Å². The van der Waals surface area contributed by atoms with Crippen molar-refractivity contribution < 1.29 is 13.9 Å². The van der Waals surface area contributed by atoms with Crippen LogP contribution in [0.2, 0.25) is 0 Å². The summed E-state index contributed by atoms with van der Waals surface area (Å²) >= 11 is 0. The molecule has 0 radical (unpaired) electrons. The van der Waals surface area contributed by atoms with Crippen LogP contribution in [-0.2, 0) is 17.9 Å². The molecule has 98 valence electrons. The monoisotopic (exact) mass is 261 g/mol. The molecule has 0 unspecified atom stereocenters. The highest BCUT2D eigenvalue weighted by Gasteiger charge is 2.21. The van der Waals surface area contributed by atoms with Gasteiger partial charge in [-0.25, -0.2) is 9.02 Å². The second kappa shape index (κ2) is 5.17. The summed E-state index contributed by atoms with van der Waals surface area (Å²) in [6.45, 7) is 0.296. The third-order valence-electron chi connectivity index (χ3n) is 2.98. The molecule has 0 aliphatic heterocycles. The van der Waals surface area contributed by atoms with Gasteiger partial charge in [-0.1, -0.05) is 22.4 Å². The summed E-state index contributed by atoms with van der Waals surface area (Å²) in [5.41, 5.74) is 3.13. The molecule has 0 amide bonds. The molecule has 0 fully saturated rings. The Morgan fingerprint density at radius 3 is 2.89 bits per heavy atom. The minimum Gasteiger partial charge on any atom is -0.391 e. The number of aryl methyl sites for hydroxylation is 1. The Hall–Kier alpha value is -2.24. The minimum atomic E-state index is -0.263. The first-order valence-electron chi connectivity index (χ1n) is 6.08. The first-order chi connectivity index (χ1) is 9.33. The van der Waals surface area contributed by atoms with Gasteiger partial charge < -0.3 is 4.84 Å². The van der Waals surface area contributed by atoms with Crippen LogP contribution in [-0.4, -0.2) is 16.0 Å². The predicted octanol–water partition coefficient (Wildman–Crippen LogP) is 2.47. The molecule has 6 heteroatoms. The summed E-state index contributed by atoms with van der Waals surface area (Å²) in [5, 5.41) is 11.7. The number of hydrogen-bond donors (Lipinski definition) is 0. The average Bonchev–Trinajstić information content (AvgIpc) is 2.90. The molecule has 0 spiro atoms. The summed E-state index contributed by atoms with van der Waals surface area (Å²) in [5.74, 6) is -0.263. The number of aromatic nitrogens is 2. The van der Waals surface area contributed by atoms with E-state index in [1.807, 2.05) is 0 Å². The van der Waals surface area contributed by atoms with Crippen molar-refractivity contribution in [2.45, 2.75) is 25.9 Å². The second-order valence-electron chi connectivity index (χ2n) is 4.35. The third kappa shape index (κ3) is 2.62. The van der Waals surface area contributed by atoms with E-state index in [9.17, 15) is 4.39 Å². The van der Waals surface area contributed by atoms with Gasteiger partial charge in [-0.05, 0) is 42.1 Å². The molecule has 0 saturated carbocycles. The fourth-order valence-electron chi connectivity index (χ4n) is 1.99. The van der Waals surface area contributed by atoms with Crippen molar-refractivity contribution in [1.82, 2.24) is 10.3 Å². The fourth-order valence-corrected chi connectivity index (χ4v) is 1.99. The third-order valence-corrected chi connectivity index (χ3v) is 2.98. The lowest BCUT2D eigenvalue weighted by atomic mass is 9.99. The SMILES string of the molecule is Fc1ccc(CO/N=C2/CCCc3nonc32)cc1. The van der Waals surface area contributed by atoms with Crippen molar-refractivity contribution in [3.8, 4) is 0 Å². The fraction of sp³-hybridized carbons (Fsp3) is 0.308. The van der Waals surface area contributed by atoms with Gasteiger partial charge in [0.2, 0.25) is 0 Å². The lowest BCUT2D eigenvalue weighted by Gasteiger charge is -2.09. The highest BCUT2D eigenvalue weighted by Crippen LogP contribution is 2.18. The highest BCUT2D eigenvalue weighted by molar-refractivity contribution is 6.00. The Kier molecular flexibility index (Phi) is 3.22. The Labute approximate surface area is 109 Å². The van der Waals surface area contributed by atoms with E-state index in [2.05, 4.69) is 15.5 Å². The van der Waals surface area contributed by atoms with E-state index in [-0.39, 0.29) is 5.82 Å². The predicted molar refractivity (Wildman–Crippen MR) is 65.0 cm³/mol. The van der Waals surface area contributed by atoms with Crippen LogP contribution >= 0.6 is 0 Å². The quantitative estimate of drug-likeness (QED) is 0.796. The summed E-state index contributed by atoms with van der Waals surface area (Å²) in [7, 11) is 0. The van der Waals surface area contributed by atoms with Gasteiger partial charge in [-0.15, -0.1) is 0 Å². The van der Waals surface area contributed by atoms with Gasteiger partial charge >= 0.3 is 0 Å². The summed E-state index contributed by atoms with van der Waals surface area (Å²) in [6, 6.07) is 6.12. The zero-order chi connectivity index (χ0) is 13.1. The number of fused-ring (bicyclic) bond motifs is 1. The molecule has 1 aromatic heterocycles. The Morgan fingerprint density at radius 1 is 1.21 bits per heavy atom. The van der Waals surface area contributed by atoms with E-state index < -0.39 is 0 Å². The van der Waals surface area contributed by atoms with Crippen LogP contribution in [0.1, 0.15) is 29.8 Å². The van der Waals surface area contributed by atoms with E-state index >= 15 is 0 Å². The Morgan fingerprint density at radius 2 is 2.05 bits per heavy atom. The van der Waals surface area contributed by atoms with Crippen LogP contribution in [0.15, 0.2) is 34.1 Å². The van der Waals surface area contributed by atoms with Gasteiger partial charge in [0.25, 0.3) is 0 Å². The molecule has 0 saturated heterocycles. The van der Waals surface area contributed by atoms with E-state index in [0.29, 0.717) is 12.3 Å². The number of benzene rings is 1. The van der Waals surface area contributed by atoms with E-state index in [1.165, 1.54) is 12.1 Å². The molecule has 3 rings (SSSR count). The molecular weight excluding hydrogens is 249 g/mol. The van der Waals surface area contributed by atoms with Crippen LogP contribution in [0.5, 0.6) is 0 Å². The summed E-state index contributed by atoms with van der Waals surface area (Å²) in [4.78, 5) is 5.28. The van der Waals surface area contributed by atoms with Crippen LogP contribution < -0.4 is 0 Å². The van der Waals surface area contributed by atoms with Gasteiger partial charge in [-0.3, -0.25) is 0 Å². The Balaban J connectivity index is 1.66. The van der Waals surface area contributed by atoms with Crippen molar-refractivity contribution >= 4 is 5.71 Å². The van der Waals surface area contributed by atoms with Crippen molar-refractivity contribution in [1.29, 1.82) is 0 Å².